The second-order valence-corrected chi connectivity index (χ2v) is 8.88. The number of aliphatic hydroxyl groups is 1. The second-order valence-electron chi connectivity index (χ2n) is 8.88. The summed E-state index contributed by atoms with van der Waals surface area (Å²) in [5, 5.41) is 15.6. The lowest BCUT2D eigenvalue weighted by molar-refractivity contribution is 0.0758. The summed E-state index contributed by atoms with van der Waals surface area (Å²) in [4.78, 5) is 18.0. The summed E-state index contributed by atoms with van der Waals surface area (Å²) >= 11 is 0. The predicted molar refractivity (Wildman–Crippen MR) is 119 cm³/mol. The average molecular weight is 448 g/mol. The van der Waals surface area contributed by atoms with E-state index in [0.717, 1.165) is 5.56 Å². The molecule has 33 heavy (non-hydrogen) atoms. The first-order valence-corrected chi connectivity index (χ1v) is 10.5. The van der Waals surface area contributed by atoms with E-state index in [0.29, 0.717) is 33.3 Å². The number of hydrogen-bond donors (Lipinski definition) is 1. The van der Waals surface area contributed by atoms with Gasteiger partial charge in [-0.2, -0.15) is 5.10 Å². The van der Waals surface area contributed by atoms with Gasteiger partial charge in [-0.25, -0.2) is 8.78 Å². The maximum absolute atomic E-state index is 15.1. The topological polar surface area (TPSA) is 71.2 Å². The molecule has 1 aliphatic heterocycles. The molecule has 1 N–H and O–H groups in total. The van der Waals surface area contributed by atoms with E-state index in [4.69, 9.17) is 0 Å². The summed E-state index contributed by atoms with van der Waals surface area (Å²) in [6.45, 7) is 3.40. The minimum atomic E-state index is -1.12. The van der Waals surface area contributed by atoms with Crippen molar-refractivity contribution in [2.45, 2.75) is 32.5 Å². The van der Waals surface area contributed by atoms with Gasteiger partial charge in [0.05, 0.1) is 17.7 Å². The Morgan fingerprint density at radius 3 is 2.55 bits per heavy atom. The van der Waals surface area contributed by atoms with E-state index in [1.165, 1.54) is 23.2 Å². The number of rotatable bonds is 4. The van der Waals surface area contributed by atoms with E-state index in [2.05, 4.69) is 10.1 Å². The molecule has 0 bridgehead atoms. The Bertz CT molecular complexity index is 1400. The normalized spacial score (nSPS) is 13.8. The van der Waals surface area contributed by atoms with E-state index < -0.39 is 17.2 Å². The number of aryl methyl sites for hydroxylation is 1. The zero-order chi connectivity index (χ0) is 23.5. The smallest absolute Gasteiger partial charge is 0.273 e. The van der Waals surface area contributed by atoms with Crippen molar-refractivity contribution in [3.05, 3.63) is 82.8 Å². The van der Waals surface area contributed by atoms with E-state index in [9.17, 15) is 9.90 Å². The molecule has 3 heterocycles. The molecule has 6 nitrogen and oxygen atoms in total. The molecular weight excluding hydrogens is 426 g/mol. The number of carbonyl (C=O) groups is 1. The van der Waals surface area contributed by atoms with Gasteiger partial charge in [-0.1, -0.05) is 18.2 Å². The van der Waals surface area contributed by atoms with E-state index in [1.54, 1.807) is 56.0 Å². The van der Waals surface area contributed by atoms with Crippen LogP contribution in [0.1, 0.15) is 41.0 Å². The number of aromatic nitrogens is 3. The zero-order valence-corrected chi connectivity index (χ0v) is 18.4. The Hall–Kier alpha value is -3.65. The monoisotopic (exact) mass is 448 g/mol. The quantitative estimate of drug-likeness (QED) is 0.506. The van der Waals surface area contributed by atoms with Crippen LogP contribution in [-0.4, -0.2) is 30.7 Å². The van der Waals surface area contributed by atoms with Crippen LogP contribution in [0.5, 0.6) is 0 Å². The van der Waals surface area contributed by atoms with Crippen LogP contribution >= 0.6 is 0 Å². The van der Waals surface area contributed by atoms with Crippen molar-refractivity contribution >= 4 is 16.8 Å². The first-order chi connectivity index (χ1) is 15.6. The molecule has 4 aromatic rings. The van der Waals surface area contributed by atoms with Crippen LogP contribution in [0.3, 0.4) is 0 Å². The van der Waals surface area contributed by atoms with Crippen LogP contribution in [0, 0.1) is 11.6 Å². The molecule has 0 saturated carbocycles. The molecule has 1 aliphatic rings. The van der Waals surface area contributed by atoms with Gasteiger partial charge < -0.3 is 10.0 Å². The maximum Gasteiger partial charge on any atom is 0.273 e. The lowest BCUT2D eigenvalue weighted by atomic mass is 9.91. The van der Waals surface area contributed by atoms with Crippen LogP contribution < -0.4 is 0 Å². The van der Waals surface area contributed by atoms with Gasteiger partial charge in [0.15, 0.2) is 0 Å². The number of benzene rings is 2. The Kier molecular flexibility index (Phi) is 4.79. The summed E-state index contributed by atoms with van der Waals surface area (Å²) in [5.74, 6) is -1.80. The molecule has 0 saturated heterocycles. The van der Waals surface area contributed by atoms with Gasteiger partial charge in [-0.3, -0.25) is 14.5 Å². The number of hydrogen-bond acceptors (Lipinski definition) is 4. The fourth-order valence-corrected chi connectivity index (χ4v) is 4.38. The third kappa shape index (κ3) is 3.56. The molecule has 0 radical (unpaired) electrons. The molecule has 5 rings (SSSR count). The zero-order valence-electron chi connectivity index (χ0n) is 18.4. The number of halogens is 2. The summed E-state index contributed by atoms with van der Waals surface area (Å²) in [6, 6.07) is 9.52. The maximum atomic E-state index is 15.1. The molecule has 0 aliphatic carbocycles. The van der Waals surface area contributed by atoms with Gasteiger partial charge in [-0.15, -0.1) is 0 Å². The molecular formula is C25H22F2N4O2. The number of fused-ring (bicyclic) bond motifs is 2. The second kappa shape index (κ2) is 7.45. The lowest BCUT2D eigenvalue weighted by Crippen LogP contribution is -2.24. The molecule has 0 unspecified atom stereocenters. The highest BCUT2D eigenvalue weighted by Crippen LogP contribution is 2.36. The Balaban J connectivity index is 1.53. The first-order valence-electron chi connectivity index (χ1n) is 10.5. The van der Waals surface area contributed by atoms with Crippen molar-refractivity contribution < 1.29 is 18.7 Å². The summed E-state index contributed by atoms with van der Waals surface area (Å²) in [7, 11) is 1.75. The predicted octanol–water partition coefficient (Wildman–Crippen LogP) is 4.30. The Morgan fingerprint density at radius 2 is 1.88 bits per heavy atom. The van der Waals surface area contributed by atoms with E-state index >= 15 is 8.78 Å². The largest absolute Gasteiger partial charge is 0.386 e. The van der Waals surface area contributed by atoms with Crippen LogP contribution in [-0.2, 0) is 25.7 Å². The average Bonchev–Trinajstić information content (AvgIpc) is 3.28. The Labute approximate surface area is 189 Å². The van der Waals surface area contributed by atoms with Crippen molar-refractivity contribution in [3.8, 4) is 11.1 Å². The number of pyridine rings is 1. The number of nitrogens with zero attached hydrogens (tertiary/aromatic N) is 4. The molecule has 168 valence electrons. The number of carbonyl (C=O) groups excluding carboxylic acids is 1. The fourth-order valence-electron chi connectivity index (χ4n) is 4.38. The molecule has 0 fully saturated rings. The highest BCUT2D eigenvalue weighted by Gasteiger charge is 2.30. The van der Waals surface area contributed by atoms with Crippen molar-refractivity contribution in [1.82, 2.24) is 19.7 Å². The summed E-state index contributed by atoms with van der Waals surface area (Å²) in [5.41, 5.74) is 1.92. The van der Waals surface area contributed by atoms with Gasteiger partial charge in [-0.05, 0) is 43.2 Å². The molecule has 8 heteroatoms. The van der Waals surface area contributed by atoms with Gasteiger partial charge in [0.25, 0.3) is 5.91 Å². The highest BCUT2D eigenvalue weighted by atomic mass is 19.1. The van der Waals surface area contributed by atoms with Gasteiger partial charge >= 0.3 is 0 Å². The van der Waals surface area contributed by atoms with Crippen LogP contribution in [0.15, 0.2) is 48.8 Å². The van der Waals surface area contributed by atoms with Crippen molar-refractivity contribution in [1.29, 1.82) is 0 Å². The van der Waals surface area contributed by atoms with Crippen LogP contribution in [0.4, 0.5) is 8.78 Å². The molecule has 2 aromatic carbocycles. The van der Waals surface area contributed by atoms with E-state index in [1.807, 2.05) is 0 Å². The van der Waals surface area contributed by atoms with Gasteiger partial charge in [0, 0.05) is 48.1 Å². The Morgan fingerprint density at radius 1 is 1.15 bits per heavy atom. The summed E-state index contributed by atoms with van der Waals surface area (Å²) in [6.07, 6.45) is 3.29. The molecule has 2 aromatic heterocycles. The molecule has 0 atom stereocenters. The standard InChI is InChI=1S/C25H22F2N4O2/c1-25(2,33)19-7-6-16(17-12-30(3)29-23(17)19)15-9-20(26)18(21(27)10-15)13-31-11-14-5-4-8-28-22(14)24(31)32/h4-10,12,33H,11,13H2,1-3H3. The minimum absolute atomic E-state index is 0.171. The first kappa shape index (κ1) is 21.2. The summed E-state index contributed by atoms with van der Waals surface area (Å²) < 4.78 is 31.9. The SMILES string of the molecule is Cn1cc2c(-c3cc(F)c(CN4Cc5cccnc5C4=O)c(F)c3)ccc(C(C)(C)O)c2n1. The number of amides is 1. The van der Waals surface area contributed by atoms with Crippen molar-refractivity contribution in [3.63, 3.8) is 0 Å². The van der Waals surface area contributed by atoms with Crippen molar-refractivity contribution in [2.75, 3.05) is 0 Å². The highest BCUT2D eigenvalue weighted by molar-refractivity contribution is 5.97. The molecule has 0 spiro atoms. The fraction of sp³-hybridized carbons (Fsp3) is 0.240. The minimum Gasteiger partial charge on any atom is -0.386 e. The lowest BCUT2D eigenvalue weighted by Gasteiger charge is -2.19. The third-order valence-electron chi connectivity index (χ3n) is 5.99. The van der Waals surface area contributed by atoms with Gasteiger partial charge in [0.2, 0.25) is 0 Å². The molecule has 1 amide bonds. The van der Waals surface area contributed by atoms with Gasteiger partial charge in [0.1, 0.15) is 17.3 Å². The van der Waals surface area contributed by atoms with E-state index in [-0.39, 0.29) is 24.6 Å². The van der Waals surface area contributed by atoms with Crippen LogP contribution in [0.2, 0.25) is 0 Å². The van der Waals surface area contributed by atoms with Crippen LogP contribution in [0.25, 0.3) is 22.0 Å². The third-order valence-corrected chi connectivity index (χ3v) is 5.99. The van der Waals surface area contributed by atoms with Crippen molar-refractivity contribution in [2.24, 2.45) is 7.05 Å².